The zero-order valence-electron chi connectivity index (χ0n) is 10.4. The van der Waals surface area contributed by atoms with Gasteiger partial charge in [0.25, 0.3) is 5.91 Å². The predicted molar refractivity (Wildman–Crippen MR) is 72.0 cm³/mol. The Balaban J connectivity index is 2.83. The largest absolute Gasteiger partial charge is 0.384 e. The summed E-state index contributed by atoms with van der Waals surface area (Å²) in [6.07, 6.45) is 1.45. The van der Waals surface area contributed by atoms with Crippen LogP contribution in [0.2, 0.25) is 0 Å². The van der Waals surface area contributed by atoms with Gasteiger partial charge >= 0.3 is 0 Å². The van der Waals surface area contributed by atoms with E-state index < -0.39 is 6.04 Å². The number of aromatic nitrogens is 1. The standard InChI is InChI=1S/C11H15BrN4O2/c1-6(11(18)16(2)3)15-10(17)7-4-9(13)14-5-8(7)12/h4-6H,1-3H3,(H2,13,14)(H,15,17). The van der Waals surface area contributed by atoms with Crippen molar-refractivity contribution in [3.05, 3.63) is 22.3 Å². The third kappa shape index (κ3) is 3.43. The number of nitrogens with one attached hydrogen (secondary N) is 1. The van der Waals surface area contributed by atoms with E-state index in [1.54, 1.807) is 21.0 Å². The fraction of sp³-hybridized carbons (Fsp3) is 0.364. The number of anilines is 1. The van der Waals surface area contributed by atoms with Crippen molar-refractivity contribution in [3.63, 3.8) is 0 Å². The van der Waals surface area contributed by atoms with Crippen molar-refractivity contribution in [2.24, 2.45) is 0 Å². The average molecular weight is 315 g/mol. The number of nitrogen functional groups attached to an aromatic ring is 1. The molecule has 6 nitrogen and oxygen atoms in total. The topological polar surface area (TPSA) is 88.3 Å². The predicted octanol–water partition coefficient (Wildman–Crippen LogP) is 0.633. The molecule has 7 heteroatoms. The smallest absolute Gasteiger partial charge is 0.253 e. The normalized spacial score (nSPS) is 11.8. The number of nitrogens with two attached hydrogens (primary N) is 1. The van der Waals surface area contributed by atoms with Crippen LogP contribution in [0.5, 0.6) is 0 Å². The monoisotopic (exact) mass is 314 g/mol. The first-order valence-electron chi connectivity index (χ1n) is 5.26. The van der Waals surface area contributed by atoms with Crippen molar-refractivity contribution in [3.8, 4) is 0 Å². The van der Waals surface area contributed by atoms with Crippen molar-refractivity contribution in [1.29, 1.82) is 0 Å². The zero-order chi connectivity index (χ0) is 13.9. The number of carbonyl (C=O) groups excluding carboxylic acids is 2. The molecule has 1 aromatic rings. The molecule has 1 rings (SSSR count). The van der Waals surface area contributed by atoms with Gasteiger partial charge in [-0.3, -0.25) is 9.59 Å². The number of halogens is 1. The van der Waals surface area contributed by atoms with Crippen molar-refractivity contribution in [1.82, 2.24) is 15.2 Å². The Labute approximate surface area is 114 Å². The molecule has 1 heterocycles. The molecule has 0 aromatic carbocycles. The van der Waals surface area contributed by atoms with Crippen molar-refractivity contribution >= 4 is 33.6 Å². The lowest BCUT2D eigenvalue weighted by molar-refractivity contribution is -0.130. The first-order chi connectivity index (χ1) is 8.32. The molecule has 1 aromatic heterocycles. The van der Waals surface area contributed by atoms with Crippen LogP contribution in [0.25, 0.3) is 0 Å². The highest BCUT2D eigenvalue weighted by atomic mass is 79.9. The Kier molecular flexibility index (Phi) is 4.66. The third-order valence-electron chi connectivity index (χ3n) is 2.28. The minimum atomic E-state index is -0.603. The Bertz CT molecular complexity index is 476. The summed E-state index contributed by atoms with van der Waals surface area (Å²) < 4.78 is 0.527. The summed E-state index contributed by atoms with van der Waals surface area (Å²) in [4.78, 5) is 28.8. The number of hydrogen-bond donors (Lipinski definition) is 2. The molecule has 1 unspecified atom stereocenters. The van der Waals surface area contributed by atoms with Crippen LogP contribution in [-0.2, 0) is 4.79 Å². The van der Waals surface area contributed by atoms with Crippen molar-refractivity contribution in [2.45, 2.75) is 13.0 Å². The minimum Gasteiger partial charge on any atom is -0.384 e. The first-order valence-corrected chi connectivity index (χ1v) is 6.05. The number of pyridine rings is 1. The summed E-state index contributed by atoms with van der Waals surface area (Å²) in [5.74, 6) is -0.310. The van der Waals surface area contributed by atoms with Gasteiger partial charge in [0.1, 0.15) is 11.9 Å². The van der Waals surface area contributed by atoms with Crippen molar-refractivity contribution in [2.75, 3.05) is 19.8 Å². The number of carbonyl (C=O) groups is 2. The van der Waals surface area contributed by atoms with E-state index in [0.717, 1.165) is 0 Å². The summed E-state index contributed by atoms with van der Waals surface area (Å²) in [5, 5.41) is 2.60. The number of hydrogen-bond acceptors (Lipinski definition) is 4. The molecule has 0 fully saturated rings. The number of rotatable bonds is 3. The Morgan fingerprint density at radius 3 is 2.67 bits per heavy atom. The maximum Gasteiger partial charge on any atom is 0.253 e. The molecule has 0 saturated heterocycles. The molecular weight excluding hydrogens is 300 g/mol. The number of amides is 2. The van der Waals surface area contributed by atoms with E-state index in [0.29, 0.717) is 10.0 Å². The van der Waals surface area contributed by atoms with E-state index >= 15 is 0 Å². The molecule has 0 aliphatic rings. The SMILES string of the molecule is CC(NC(=O)c1cc(N)ncc1Br)C(=O)N(C)C. The van der Waals surface area contributed by atoms with Gasteiger partial charge in [-0.1, -0.05) is 0 Å². The molecule has 0 aliphatic heterocycles. The van der Waals surface area contributed by atoms with Crippen LogP contribution in [0, 0.1) is 0 Å². The van der Waals surface area contributed by atoms with Crippen LogP contribution in [0.15, 0.2) is 16.7 Å². The lowest BCUT2D eigenvalue weighted by Gasteiger charge is -2.18. The van der Waals surface area contributed by atoms with Crippen LogP contribution < -0.4 is 11.1 Å². The molecule has 0 spiro atoms. The maximum atomic E-state index is 12.0. The summed E-state index contributed by atoms with van der Waals surface area (Å²) in [5.41, 5.74) is 5.87. The lowest BCUT2D eigenvalue weighted by atomic mass is 10.2. The molecule has 0 radical (unpaired) electrons. The Morgan fingerprint density at radius 2 is 2.11 bits per heavy atom. The van der Waals surface area contributed by atoms with Gasteiger partial charge in [0.05, 0.1) is 5.56 Å². The van der Waals surface area contributed by atoms with Crippen LogP contribution in [0.4, 0.5) is 5.82 Å². The summed E-state index contributed by atoms with van der Waals surface area (Å²) in [6, 6.07) is 0.848. The molecule has 3 N–H and O–H groups in total. The second kappa shape index (κ2) is 5.81. The van der Waals surface area contributed by atoms with Gasteiger partial charge in [-0.2, -0.15) is 0 Å². The van der Waals surface area contributed by atoms with E-state index in [-0.39, 0.29) is 17.6 Å². The Hall–Kier alpha value is -1.63. The van der Waals surface area contributed by atoms with E-state index in [4.69, 9.17) is 5.73 Å². The minimum absolute atomic E-state index is 0.179. The van der Waals surface area contributed by atoms with Gasteiger partial charge in [0, 0.05) is 24.8 Å². The molecule has 18 heavy (non-hydrogen) atoms. The maximum absolute atomic E-state index is 12.0. The second-order valence-corrected chi connectivity index (χ2v) is 4.87. The number of likely N-dealkylation sites (N-methyl/N-ethyl adjacent to an activating group) is 1. The molecule has 2 amide bonds. The lowest BCUT2D eigenvalue weighted by Crippen LogP contribution is -2.44. The van der Waals surface area contributed by atoms with Crippen LogP contribution in [-0.4, -0.2) is 41.8 Å². The van der Waals surface area contributed by atoms with Crippen LogP contribution >= 0.6 is 15.9 Å². The van der Waals surface area contributed by atoms with Crippen molar-refractivity contribution < 1.29 is 9.59 Å². The van der Waals surface area contributed by atoms with Crippen LogP contribution in [0.3, 0.4) is 0 Å². The first kappa shape index (κ1) is 14.4. The van der Waals surface area contributed by atoms with E-state index in [2.05, 4.69) is 26.2 Å². The highest BCUT2D eigenvalue weighted by Crippen LogP contribution is 2.17. The summed E-state index contributed by atoms with van der Waals surface area (Å²) >= 11 is 3.21. The van der Waals surface area contributed by atoms with Gasteiger partial charge in [0.2, 0.25) is 5.91 Å². The molecule has 0 saturated carbocycles. The molecule has 98 valence electrons. The number of nitrogens with zero attached hydrogens (tertiary/aromatic N) is 2. The highest BCUT2D eigenvalue weighted by molar-refractivity contribution is 9.10. The van der Waals surface area contributed by atoms with Gasteiger partial charge in [-0.15, -0.1) is 0 Å². The van der Waals surface area contributed by atoms with Gasteiger partial charge < -0.3 is 16.0 Å². The molecular formula is C11H15BrN4O2. The fourth-order valence-electron chi connectivity index (χ4n) is 1.35. The fourth-order valence-corrected chi connectivity index (χ4v) is 1.75. The Morgan fingerprint density at radius 1 is 1.50 bits per heavy atom. The van der Waals surface area contributed by atoms with Gasteiger partial charge in [-0.25, -0.2) is 4.98 Å². The summed E-state index contributed by atoms with van der Waals surface area (Å²) in [6.45, 7) is 1.62. The molecule has 0 aliphatic carbocycles. The van der Waals surface area contributed by atoms with E-state index in [9.17, 15) is 9.59 Å². The molecule has 1 atom stereocenters. The second-order valence-electron chi connectivity index (χ2n) is 4.02. The van der Waals surface area contributed by atoms with Gasteiger partial charge in [0.15, 0.2) is 0 Å². The quantitative estimate of drug-likeness (QED) is 0.856. The third-order valence-corrected chi connectivity index (χ3v) is 2.91. The van der Waals surface area contributed by atoms with Crippen LogP contribution in [0.1, 0.15) is 17.3 Å². The van der Waals surface area contributed by atoms with E-state index in [1.807, 2.05) is 0 Å². The molecule has 0 bridgehead atoms. The van der Waals surface area contributed by atoms with E-state index in [1.165, 1.54) is 17.2 Å². The average Bonchev–Trinajstić information content (AvgIpc) is 2.30. The zero-order valence-corrected chi connectivity index (χ0v) is 12.0. The summed E-state index contributed by atoms with van der Waals surface area (Å²) in [7, 11) is 3.26. The van der Waals surface area contributed by atoms with Gasteiger partial charge in [-0.05, 0) is 28.9 Å². The highest BCUT2D eigenvalue weighted by Gasteiger charge is 2.19.